The van der Waals surface area contributed by atoms with E-state index in [0.29, 0.717) is 0 Å². The minimum absolute atomic E-state index is 0.133. The zero-order valence-corrected chi connectivity index (χ0v) is 6.59. The van der Waals surface area contributed by atoms with Gasteiger partial charge >= 0.3 is 6.16 Å². The summed E-state index contributed by atoms with van der Waals surface area (Å²) in [7, 11) is 0. The molecular formula is C7H13O3. The first kappa shape index (κ1) is 9.27. The van der Waals surface area contributed by atoms with Crippen molar-refractivity contribution in [3.63, 3.8) is 0 Å². The summed E-state index contributed by atoms with van der Waals surface area (Å²) in [6.45, 7) is 8.65. The molecule has 0 amide bonds. The quantitative estimate of drug-likeness (QED) is 0.555. The number of ether oxygens (including phenoxy) is 2. The fourth-order valence-electron chi connectivity index (χ4n) is 0.384. The summed E-state index contributed by atoms with van der Waals surface area (Å²) in [5.74, 6) is 0. The lowest BCUT2D eigenvalue weighted by Gasteiger charge is -2.10. The molecule has 0 N–H and O–H groups in total. The normalized spacial score (nSPS) is 10.2. The first-order chi connectivity index (χ1) is 4.52. The first-order valence-corrected chi connectivity index (χ1v) is 3.22. The van der Waals surface area contributed by atoms with Gasteiger partial charge in [-0.3, -0.25) is 0 Å². The van der Waals surface area contributed by atoms with Gasteiger partial charge in [-0.2, -0.15) is 0 Å². The highest BCUT2D eigenvalue weighted by molar-refractivity contribution is 5.60. The van der Waals surface area contributed by atoms with Gasteiger partial charge in [-0.15, -0.1) is 0 Å². The van der Waals surface area contributed by atoms with Crippen molar-refractivity contribution in [3.8, 4) is 0 Å². The molecule has 0 saturated carbocycles. The zero-order valence-electron chi connectivity index (χ0n) is 6.59. The summed E-state index contributed by atoms with van der Waals surface area (Å²) in [6.07, 6.45) is -1.14. The van der Waals surface area contributed by atoms with Crippen molar-refractivity contribution >= 4 is 6.16 Å². The molecule has 0 aliphatic heterocycles. The van der Waals surface area contributed by atoms with E-state index < -0.39 is 6.16 Å². The second-order valence-electron chi connectivity index (χ2n) is 2.35. The second kappa shape index (κ2) is 4.14. The molecule has 1 atom stereocenters. The number of rotatable bonds is 2. The molecule has 0 aromatic carbocycles. The lowest BCUT2D eigenvalue weighted by Crippen LogP contribution is -2.16. The number of carbonyl (C=O) groups is 1. The summed E-state index contributed by atoms with van der Waals surface area (Å²) in [4.78, 5) is 10.6. The van der Waals surface area contributed by atoms with Crippen LogP contribution < -0.4 is 0 Å². The van der Waals surface area contributed by atoms with E-state index in [1.54, 1.807) is 20.8 Å². The van der Waals surface area contributed by atoms with Crippen molar-refractivity contribution in [2.75, 3.05) is 0 Å². The van der Waals surface area contributed by atoms with Crippen LogP contribution >= 0.6 is 0 Å². The van der Waals surface area contributed by atoms with Gasteiger partial charge in [0.1, 0.15) is 6.10 Å². The molecule has 3 heteroatoms. The summed E-state index contributed by atoms with van der Waals surface area (Å²) in [5.41, 5.74) is 0. The van der Waals surface area contributed by atoms with Gasteiger partial charge < -0.3 is 9.47 Å². The molecule has 0 fully saturated rings. The molecule has 3 nitrogen and oxygen atoms in total. The molecule has 0 heterocycles. The summed E-state index contributed by atoms with van der Waals surface area (Å²) < 4.78 is 9.25. The average molecular weight is 145 g/mol. The van der Waals surface area contributed by atoms with Crippen LogP contribution in [-0.4, -0.2) is 18.4 Å². The summed E-state index contributed by atoms with van der Waals surface area (Å²) in [6, 6.07) is 0. The smallest absolute Gasteiger partial charge is 0.432 e. The third-order valence-electron chi connectivity index (χ3n) is 0.629. The van der Waals surface area contributed by atoms with Crippen LogP contribution in [0.25, 0.3) is 0 Å². The predicted octanol–water partition coefficient (Wildman–Crippen LogP) is 1.77. The molecule has 0 aromatic heterocycles. The molecular weight excluding hydrogens is 132 g/mol. The van der Waals surface area contributed by atoms with Crippen molar-refractivity contribution in [2.45, 2.75) is 33.0 Å². The molecule has 59 valence electrons. The van der Waals surface area contributed by atoms with Crippen LogP contribution in [0.3, 0.4) is 0 Å². The molecule has 0 saturated heterocycles. The number of hydrogen-bond donors (Lipinski definition) is 0. The lowest BCUT2D eigenvalue weighted by molar-refractivity contribution is 0.0225. The van der Waals surface area contributed by atoms with Crippen molar-refractivity contribution in [3.05, 3.63) is 6.92 Å². The number of carbonyl (C=O) groups excluding carboxylic acids is 1. The van der Waals surface area contributed by atoms with Gasteiger partial charge in [0.25, 0.3) is 0 Å². The summed E-state index contributed by atoms with van der Waals surface area (Å²) >= 11 is 0. The minimum atomic E-state index is -0.655. The first-order valence-electron chi connectivity index (χ1n) is 3.22. The highest BCUT2D eigenvalue weighted by Gasteiger charge is 2.07. The van der Waals surface area contributed by atoms with Crippen LogP contribution in [-0.2, 0) is 9.47 Å². The number of hydrogen-bond acceptors (Lipinski definition) is 3. The third kappa shape index (κ3) is 5.41. The van der Waals surface area contributed by atoms with Crippen molar-refractivity contribution in [2.24, 2.45) is 0 Å². The van der Waals surface area contributed by atoms with Gasteiger partial charge in [-0.05, 0) is 27.7 Å². The highest BCUT2D eigenvalue weighted by atomic mass is 16.7. The third-order valence-corrected chi connectivity index (χ3v) is 0.629. The van der Waals surface area contributed by atoms with Crippen molar-refractivity contribution < 1.29 is 14.3 Å². The largest absolute Gasteiger partial charge is 0.508 e. The van der Waals surface area contributed by atoms with E-state index >= 15 is 0 Å². The molecule has 0 rings (SSSR count). The molecule has 0 unspecified atom stereocenters. The van der Waals surface area contributed by atoms with Gasteiger partial charge in [-0.1, -0.05) is 0 Å². The van der Waals surface area contributed by atoms with Gasteiger partial charge in [0, 0.05) is 0 Å². The van der Waals surface area contributed by atoms with E-state index in [1.165, 1.54) is 0 Å². The minimum Gasteiger partial charge on any atom is -0.432 e. The van der Waals surface area contributed by atoms with Gasteiger partial charge in [0.05, 0.1) is 6.10 Å². The van der Waals surface area contributed by atoms with E-state index in [4.69, 9.17) is 0 Å². The fraction of sp³-hybridized carbons (Fsp3) is 0.714. The lowest BCUT2D eigenvalue weighted by atomic mass is 10.5. The van der Waals surface area contributed by atoms with E-state index in [0.717, 1.165) is 0 Å². The Labute approximate surface area is 61.3 Å². The average Bonchev–Trinajstić information content (AvgIpc) is 1.58. The SMILES string of the molecule is [CH2][C@@H](C)OC(=O)OC(C)C. The topological polar surface area (TPSA) is 35.5 Å². The van der Waals surface area contributed by atoms with Crippen molar-refractivity contribution in [1.29, 1.82) is 0 Å². The standard InChI is InChI=1S/C7H13O3/c1-5(2)9-7(8)10-6(3)4/h5-6H,1H2,2-4H3/t5-/m0/s1. The van der Waals surface area contributed by atoms with E-state index in [2.05, 4.69) is 16.4 Å². The maximum Gasteiger partial charge on any atom is 0.508 e. The van der Waals surface area contributed by atoms with E-state index in [9.17, 15) is 4.79 Å². The van der Waals surface area contributed by atoms with Crippen LogP contribution in [0, 0.1) is 6.92 Å². The van der Waals surface area contributed by atoms with E-state index in [-0.39, 0.29) is 12.2 Å². The molecule has 1 radical (unpaired) electrons. The van der Waals surface area contributed by atoms with Gasteiger partial charge in [0.2, 0.25) is 0 Å². The molecule has 0 aliphatic rings. The fourth-order valence-corrected chi connectivity index (χ4v) is 0.384. The monoisotopic (exact) mass is 145 g/mol. The van der Waals surface area contributed by atoms with Gasteiger partial charge in [-0.25, -0.2) is 4.79 Å². The van der Waals surface area contributed by atoms with Crippen LogP contribution in [0.4, 0.5) is 4.79 Å². The molecule has 0 aromatic rings. The molecule has 0 bridgehead atoms. The Kier molecular flexibility index (Phi) is 3.84. The maximum atomic E-state index is 10.6. The van der Waals surface area contributed by atoms with Gasteiger partial charge in [0.15, 0.2) is 0 Å². The van der Waals surface area contributed by atoms with Crippen LogP contribution in [0.5, 0.6) is 0 Å². The Morgan fingerprint density at radius 1 is 1.30 bits per heavy atom. The molecule has 10 heavy (non-hydrogen) atoms. The zero-order chi connectivity index (χ0) is 8.15. The Morgan fingerprint density at radius 2 is 1.80 bits per heavy atom. The summed E-state index contributed by atoms with van der Waals surface area (Å²) in [5, 5.41) is 0. The molecule has 0 spiro atoms. The van der Waals surface area contributed by atoms with Crippen LogP contribution in [0.1, 0.15) is 20.8 Å². The second-order valence-corrected chi connectivity index (χ2v) is 2.35. The Balaban J connectivity index is 3.44. The predicted molar refractivity (Wildman–Crippen MR) is 37.5 cm³/mol. The van der Waals surface area contributed by atoms with Crippen molar-refractivity contribution in [1.82, 2.24) is 0 Å². The maximum absolute atomic E-state index is 10.6. The highest BCUT2D eigenvalue weighted by Crippen LogP contribution is 1.95. The molecule has 0 aliphatic carbocycles. The Morgan fingerprint density at radius 3 is 2.10 bits per heavy atom. The van der Waals surface area contributed by atoms with Crippen LogP contribution in [0.2, 0.25) is 0 Å². The van der Waals surface area contributed by atoms with Crippen LogP contribution in [0.15, 0.2) is 0 Å². The van der Waals surface area contributed by atoms with E-state index in [1.807, 2.05) is 0 Å². The Bertz CT molecular complexity index is 95.4. The Hall–Kier alpha value is -0.730.